The Balaban J connectivity index is 1.73. The van der Waals surface area contributed by atoms with Crippen molar-refractivity contribution in [1.82, 2.24) is 25.1 Å². The van der Waals surface area contributed by atoms with Gasteiger partial charge in [-0.25, -0.2) is 4.98 Å². The summed E-state index contributed by atoms with van der Waals surface area (Å²) in [4.78, 5) is 22.3. The van der Waals surface area contributed by atoms with Gasteiger partial charge in [0.15, 0.2) is 0 Å². The fraction of sp³-hybridized carbons (Fsp3) is 0.429. The van der Waals surface area contributed by atoms with Crippen molar-refractivity contribution in [3.8, 4) is 0 Å². The lowest BCUT2D eigenvalue weighted by Gasteiger charge is -2.40. The zero-order chi connectivity index (χ0) is 13.7. The Morgan fingerprint density at radius 2 is 2.30 bits per heavy atom. The van der Waals surface area contributed by atoms with E-state index in [1.54, 1.807) is 18.5 Å². The molecule has 0 atom stereocenters. The number of aromatic nitrogens is 4. The number of fused-ring (bicyclic) bond motifs is 1. The highest BCUT2D eigenvalue weighted by Gasteiger charge is 2.60. The van der Waals surface area contributed by atoms with Crippen LogP contribution in [0, 0.1) is 12.8 Å². The third-order valence-electron chi connectivity index (χ3n) is 4.53. The predicted octanol–water partition coefficient (Wildman–Crippen LogP) is 1.27. The fourth-order valence-corrected chi connectivity index (χ4v) is 3.57. The average Bonchev–Trinajstić information content (AvgIpc) is 3.11. The summed E-state index contributed by atoms with van der Waals surface area (Å²) in [5.74, 6) is 1.53. The maximum absolute atomic E-state index is 12.8. The average molecular weight is 269 g/mol. The van der Waals surface area contributed by atoms with Gasteiger partial charge in [0.25, 0.3) is 5.91 Å². The molecule has 6 nitrogen and oxygen atoms in total. The summed E-state index contributed by atoms with van der Waals surface area (Å²) < 4.78 is 0. The van der Waals surface area contributed by atoms with E-state index < -0.39 is 0 Å². The van der Waals surface area contributed by atoms with Crippen molar-refractivity contribution < 1.29 is 4.79 Å². The molecule has 102 valence electrons. The minimum Gasteiger partial charge on any atom is -0.347 e. The second kappa shape index (κ2) is 3.88. The smallest absolute Gasteiger partial charge is 0.256 e. The number of H-pyrrole nitrogens is 1. The molecule has 4 heterocycles. The van der Waals surface area contributed by atoms with Crippen LogP contribution in [0.5, 0.6) is 0 Å². The summed E-state index contributed by atoms with van der Waals surface area (Å²) in [6, 6.07) is 1.75. The zero-order valence-electron chi connectivity index (χ0n) is 11.2. The second-order valence-electron chi connectivity index (χ2n) is 5.69. The zero-order valence-corrected chi connectivity index (χ0v) is 11.2. The molecule has 2 bridgehead atoms. The minimum absolute atomic E-state index is 0.0359. The van der Waals surface area contributed by atoms with E-state index >= 15 is 0 Å². The number of nitrogens with one attached hydrogen (secondary N) is 1. The quantitative estimate of drug-likeness (QED) is 0.891. The van der Waals surface area contributed by atoms with Crippen LogP contribution in [-0.2, 0) is 5.54 Å². The standard InChI is InChI=1S/C14H15N5O/c1-9-11(2-3-17-18-9)12(20)19-8-10-6-14(19,7-10)13-15-4-5-16-13/h2-5,10H,6-8H2,1H3,(H,15,16). The molecule has 2 aromatic rings. The van der Waals surface area contributed by atoms with Crippen LogP contribution in [0.4, 0.5) is 0 Å². The lowest BCUT2D eigenvalue weighted by molar-refractivity contribution is 0.0527. The van der Waals surface area contributed by atoms with Crippen LogP contribution >= 0.6 is 0 Å². The number of rotatable bonds is 2. The topological polar surface area (TPSA) is 74.8 Å². The largest absolute Gasteiger partial charge is 0.347 e. The maximum Gasteiger partial charge on any atom is 0.256 e. The van der Waals surface area contributed by atoms with Gasteiger partial charge in [-0.3, -0.25) is 4.79 Å². The fourth-order valence-electron chi connectivity index (χ4n) is 3.57. The molecule has 1 amide bonds. The molecule has 0 radical (unpaired) electrons. The van der Waals surface area contributed by atoms with E-state index in [0.717, 1.165) is 25.2 Å². The van der Waals surface area contributed by atoms with Gasteiger partial charge in [0, 0.05) is 18.9 Å². The van der Waals surface area contributed by atoms with Crippen molar-refractivity contribution >= 4 is 5.91 Å². The van der Waals surface area contributed by atoms with Gasteiger partial charge in [-0.15, -0.1) is 0 Å². The molecule has 3 fully saturated rings. The summed E-state index contributed by atoms with van der Waals surface area (Å²) in [6.45, 7) is 2.63. The van der Waals surface area contributed by atoms with E-state index in [4.69, 9.17) is 0 Å². The molecular weight excluding hydrogens is 254 g/mol. The number of carbonyl (C=O) groups excluding carboxylic acids is 1. The first-order chi connectivity index (χ1) is 9.71. The number of carbonyl (C=O) groups is 1. The van der Waals surface area contributed by atoms with Crippen molar-refractivity contribution in [3.05, 3.63) is 41.7 Å². The van der Waals surface area contributed by atoms with Gasteiger partial charge in [-0.2, -0.15) is 10.2 Å². The Morgan fingerprint density at radius 1 is 1.45 bits per heavy atom. The van der Waals surface area contributed by atoms with Crippen LogP contribution in [0.25, 0.3) is 0 Å². The van der Waals surface area contributed by atoms with Crippen LogP contribution in [-0.4, -0.2) is 37.5 Å². The predicted molar refractivity (Wildman–Crippen MR) is 70.8 cm³/mol. The van der Waals surface area contributed by atoms with Gasteiger partial charge in [0.2, 0.25) is 0 Å². The van der Waals surface area contributed by atoms with E-state index in [2.05, 4.69) is 20.2 Å². The number of hydrogen-bond donors (Lipinski definition) is 1. The van der Waals surface area contributed by atoms with Crippen molar-refractivity contribution in [3.63, 3.8) is 0 Å². The molecule has 2 aliphatic heterocycles. The van der Waals surface area contributed by atoms with Crippen LogP contribution in [0.15, 0.2) is 24.7 Å². The van der Waals surface area contributed by atoms with Gasteiger partial charge in [-0.1, -0.05) is 0 Å². The molecule has 2 saturated heterocycles. The first-order valence-corrected chi connectivity index (χ1v) is 6.81. The molecule has 20 heavy (non-hydrogen) atoms. The Morgan fingerprint density at radius 3 is 3.00 bits per heavy atom. The molecule has 0 unspecified atom stereocenters. The highest BCUT2D eigenvalue weighted by Crippen LogP contribution is 2.56. The molecule has 0 spiro atoms. The molecule has 3 aliphatic rings. The summed E-state index contributed by atoms with van der Waals surface area (Å²) in [5.41, 5.74) is 1.08. The lowest BCUT2D eigenvalue weighted by Crippen LogP contribution is -2.46. The normalized spacial score (nSPS) is 27.4. The maximum atomic E-state index is 12.8. The van der Waals surface area contributed by atoms with E-state index in [1.807, 2.05) is 18.0 Å². The number of amides is 1. The third kappa shape index (κ3) is 1.39. The number of aromatic amines is 1. The van der Waals surface area contributed by atoms with Crippen molar-refractivity contribution in [2.75, 3.05) is 6.54 Å². The van der Waals surface area contributed by atoms with E-state index in [-0.39, 0.29) is 11.4 Å². The SMILES string of the molecule is Cc1nnccc1C(=O)N1CC2CC1(c1ncc[nH]1)C2. The van der Waals surface area contributed by atoms with Gasteiger partial charge >= 0.3 is 0 Å². The second-order valence-corrected chi connectivity index (χ2v) is 5.69. The number of hydrogen-bond acceptors (Lipinski definition) is 4. The number of aryl methyl sites for hydroxylation is 1. The number of imidazole rings is 1. The van der Waals surface area contributed by atoms with Crippen LogP contribution in [0.2, 0.25) is 0 Å². The number of nitrogens with zero attached hydrogens (tertiary/aromatic N) is 4. The molecule has 6 heteroatoms. The molecule has 0 aromatic carbocycles. The molecular formula is C14H15N5O. The van der Waals surface area contributed by atoms with Gasteiger partial charge in [-0.05, 0) is 31.7 Å². The first-order valence-electron chi connectivity index (χ1n) is 6.81. The Hall–Kier alpha value is -2.24. The molecule has 2 aromatic heterocycles. The van der Waals surface area contributed by atoms with Crippen molar-refractivity contribution in [2.24, 2.45) is 5.92 Å². The monoisotopic (exact) mass is 269 g/mol. The van der Waals surface area contributed by atoms with Crippen LogP contribution < -0.4 is 0 Å². The Kier molecular flexibility index (Phi) is 2.24. The summed E-state index contributed by atoms with van der Waals surface area (Å²) in [5, 5.41) is 7.79. The molecule has 1 aliphatic carbocycles. The van der Waals surface area contributed by atoms with E-state index in [1.165, 1.54) is 0 Å². The summed E-state index contributed by atoms with van der Waals surface area (Å²) >= 11 is 0. The molecule has 1 N–H and O–H groups in total. The van der Waals surface area contributed by atoms with Crippen LogP contribution in [0.3, 0.4) is 0 Å². The van der Waals surface area contributed by atoms with Gasteiger partial charge in [0.1, 0.15) is 11.4 Å². The summed E-state index contributed by atoms with van der Waals surface area (Å²) in [7, 11) is 0. The summed E-state index contributed by atoms with van der Waals surface area (Å²) in [6.07, 6.45) is 7.14. The highest BCUT2D eigenvalue weighted by molar-refractivity contribution is 5.96. The van der Waals surface area contributed by atoms with Gasteiger partial charge in [0.05, 0.1) is 17.5 Å². The van der Waals surface area contributed by atoms with Crippen LogP contribution in [0.1, 0.15) is 34.7 Å². The molecule has 1 saturated carbocycles. The Bertz CT molecular complexity index is 660. The molecule has 5 rings (SSSR count). The Labute approximate surface area is 116 Å². The van der Waals surface area contributed by atoms with Crippen molar-refractivity contribution in [2.45, 2.75) is 25.3 Å². The highest BCUT2D eigenvalue weighted by atomic mass is 16.2. The van der Waals surface area contributed by atoms with Crippen molar-refractivity contribution in [1.29, 1.82) is 0 Å². The minimum atomic E-state index is -0.235. The lowest BCUT2D eigenvalue weighted by atomic mass is 9.72. The van der Waals surface area contributed by atoms with E-state index in [0.29, 0.717) is 17.2 Å². The third-order valence-corrected chi connectivity index (χ3v) is 4.53. The van der Waals surface area contributed by atoms with Gasteiger partial charge < -0.3 is 9.88 Å². The van der Waals surface area contributed by atoms with E-state index in [9.17, 15) is 4.79 Å². The first kappa shape index (κ1) is 11.6.